The van der Waals surface area contributed by atoms with E-state index >= 15 is 0 Å². The minimum Gasteiger partial charge on any atom is -0.389 e. The number of aromatic nitrogens is 3. The number of aliphatic hydroxyl groups excluding tert-OH is 1. The predicted molar refractivity (Wildman–Crippen MR) is 66.8 cm³/mol. The van der Waals surface area contributed by atoms with Crippen molar-refractivity contribution in [2.24, 2.45) is 0 Å². The summed E-state index contributed by atoms with van der Waals surface area (Å²) in [4.78, 5) is 0. The largest absolute Gasteiger partial charge is 0.389 e. The smallest absolute Gasteiger partial charge is 0.0821 e. The van der Waals surface area contributed by atoms with Crippen molar-refractivity contribution >= 4 is 0 Å². The first-order valence-electron chi connectivity index (χ1n) is 5.94. The Morgan fingerprint density at radius 2 is 2.00 bits per heavy atom. The molecule has 4 nitrogen and oxygen atoms in total. The lowest BCUT2D eigenvalue weighted by atomic mass is 10.2. The van der Waals surface area contributed by atoms with Crippen molar-refractivity contribution in [3.63, 3.8) is 0 Å². The fourth-order valence-corrected chi connectivity index (χ4v) is 1.74. The van der Waals surface area contributed by atoms with Crippen LogP contribution in [0.5, 0.6) is 0 Å². The van der Waals surface area contributed by atoms with E-state index in [1.807, 2.05) is 40.0 Å². The molecule has 0 saturated heterocycles. The zero-order chi connectivity index (χ0) is 12.4. The molecule has 2 rings (SSSR count). The lowest BCUT2D eigenvalue weighted by Gasteiger charge is -2.04. The minimum absolute atomic E-state index is 0.390. The molecule has 1 N–H and O–H groups in total. The van der Waals surface area contributed by atoms with E-state index in [1.165, 1.54) is 0 Å². The summed E-state index contributed by atoms with van der Waals surface area (Å²) in [5, 5.41) is 13.9. The molecule has 0 saturated carbocycles. The van der Waals surface area contributed by atoms with E-state index in [2.05, 4.69) is 18.9 Å². The minimum atomic E-state index is -0.413. The van der Waals surface area contributed by atoms with Crippen molar-refractivity contribution < 1.29 is 5.11 Å². The van der Waals surface area contributed by atoms with Crippen LogP contribution < -0.4 is 0 Å². The van der Waals surface area contributed by atoms with Crippen LogP contribution in [0, 0.1) is 0 Å². The molecule has 2 aromatic heterocycles. The summed E-state index contributed by atoms with van der Waals surface area (Å²) in [7, 11) is 0. The molecule has 2 aromatic rings. The topological polar surface area (TPSA) is 43.0 Å². The van der Waals surface area contributed by atoms with Crippen molar-refractivity contribution in [3.05, 3.63) is 42.0 Å². The van der Waals surface area contributed by atoms with Crippen molar-refractivity contribution in [2.45, 2.75) is 39.5 Å². The highest BCUT2D eigenvalue weighted by atomic mass is 16.3. The number of rotatable bonds is 4. The maximum Gasteiger partial charge on any atom is 0.0821 e. The van der Waals surface area contributed by atoms with Gasteiger partial charge in [0, 0.05) is 24.6 Å². The van der Waals surface area contributed by atoms with E-state index in [1.54, 1.807) is 6.92 Å². The molecule has 0 fully saturated rings. The van der Waals surface area contributed by atoms with E-state index in [0.29, 0.717) is 6.04 Å². The van der Waals surface area contributed by atoms with Gasteiger partial charge in [-0.25, -0.2) is 0 Å². The van der Waals surface area contributed by atoms with Crippen LogP contribution in [0.25, 0.3) is 0 Å². The molecule has 1 unspecified atom stereocenters. The molecule has 0 spiro atoms. The molecule has 2 heterocycles. The Labute approximate surface area is 101 Å². The SMILES string of the molecule is CC(O)c1ccn(Cc2ccn(C(C)C)n2)c1. The van der Waals surface area contributed by atoms with Crippen molar-refractivity contribution in [1.29, 1.82) is 0 Å². The summed E-state index contributed by atoms with van der Waals surface area (Å²) < 4.78 is 3.99. The molecular weight excluding hydrogens is 214 g/mol. The molecule has 17 heavy (non-hydrogen) atoms. The first kappa shape index (κ1) is 11.9. The average molecular weight is 233 g/mol. The first-order chi connectivity index (χ1) is 8.06. The molecule has 0 aliphatic rings. The molecule has 0 bridgehead atoms. The standard InChI is InChI=1S/C13H19N3O/c1-10(2)16-7-5-13(14-16)9-15-6-4-12(8-15)11(3)17/h4-8,10-11,17H,9H2,1-3H3. The lowest BCUT2D eigenvalue weighted by Crippen LogP contribution is -2.03. The Morgan fingerprint density at radius 1 is 1.24 bits per heavy atom. The molecule has 0 aromatic carbocycles. The van der Waals surface area contributed by atoms with Gasteiger partial charge in [-0.2, -0.15) is 5.10 Å². The number of hydrogen-bond acceptors (Lipinski definition) is 2. The van der Waals surface area contributed by atoms with E-state index < -0.39 is 6.10 Å². The van der Waals surface area contributed by atoms with Crippen molar-refractivity contribution in [2.75, 3.05) is 0 Å². The van der Waals surface area contributed by atoms with Crippen LogP contribution in [-0.4, -0.2) is 19.5 Å². The molecule has 0 amide bonds. The summed E-state index contributed by atoms with van der Waals surface area (Å²) in [5.41, 5.74) is 1.97. The Balaban J connectivity index is 2.08. The molecular formula is C13H19N3O. The Bertz CT molecular complexity index is 438. The molecule has 4 heteroatoms. The van der Waals surface area contributed by atoms with E-state index in [4.69, 9.17) is 0 Å². The highest BCUT2D eigenvalue weighted by Crippen LogP contribution is 2.13. The van der Waals surface area contributed by atoms with E-state index in [0.717, 1.165) is 17.8 Å². The third kappa shape index (κ3) is 2.77. The molecule has 0 aliphatic heterocycles. The van der Waals surface area contributed by atoms with Gasteiger partial charge in [0.05, 0.1) is 18.3 Å². The van der Waals surface area contributed by atoms with Gasteiger partial charge in [-0.3, -0.25) is 4.68 Å². The first-order valence-corrected chi connectivity index (χ1v) is 5.94. The van der Waals surface area contributed by atoms with Crippen LogP contribution in [0.15, 0.2) is 30.7 Å². The van der Waals surface area contributed by atoms with Gasteiger partial charge in [-0.05, 0) is 38.5 Å². The van der Waals surface area contributed by atoms with Gasteiger partial charge in [0.15, 0.2) is 0 Å². The molecule has 0 radical (unpaired) electrons. The number of nitrogens with zero attached hydrogens (tertiary/aromatic N) is 3. The van der Waals surface area contributed by atoms with Gasteiger partial charge in [0.25, 0.3) is 0 Å². The fraction of sp³-hybridized carbons (Fsp3) is 0.462. The zero-order valence-electron chi connectivity index (χ0n) is 10.5. The maximum absolute atomic E-state index is 9.45. The van der Waals surface area contributed by atoms with Gasteiger partial charge < -0.3 is 9.67 Å². The number of hydrogen-bond donors (Lipinski definition) is 1. The normalized spacial score (nSPS) is 13.2. The molecule has 0 aliphatic carbocycles. The second-order valence-corrected chi connectivity index (χ2v) is 4.67. The van der Waals surface area contributed by atoms with Crippen LogP contribution in [0.3, 0.4) is 0 Å². The van der Waals surface area contributed by atoms with Crippen LogP contribution in [-0.2, 0) is 6.54 Å². The Hall–Kier alpha value is -1.55. The highest BCUT2D eigenvalue weighted by Gasteiger charge is 2.05. The van der Waals surface area contributed by atoms with E-state index in [9.17, 15) is 5.11 Å². The summed E-state index contributed by atoms with van der Waals surface area (Å²) in [6, 6.07) is 4.35. The van der Waals surface area contributed by atoms with Gasteiger partial charge in [0.2, 0.25) is 0 Å². The maximum atomic E-state index is 9.45. The Kier molecular flexibility index (Phi) is 3.33. The molecule has 92 valence electrons. The van der Waals surface area contributed by atoms with Gasteiger partial charge >= 0.3 is 0 Å². The average Bonchev–Trinajstić information content (AvgIpc) is 2.87. The lowest BCUT2D eigenvalue weighted by molar-refractivity contribution is 0.199. The second-order valence-electron chi connectivity index (χ2n) is 4.67. The van der Waals surface area contributed by atoms with Crippen LogP contribution in [0.4, 0.5) is 0 Å². The fourth-order valence-electron chi connectivity index (χ4n) is 1.74. The second kappa shape index (κ2) is 4.75. The third-order valence-corrected chi connectivity index (χ3v) is 2.79. The third-order valence-electron chi connectivity index (χ3n) is 2.79. The zero-order valence-corrected chi connectivity index (χ0v) is 10.5. The van der Waals surface area contributed by atoms with Gasteiger partial charge in [-0.15, -0.1) is 0 Å². The highest BCUT2D eigenvalue weighted by molar-refractivity contribution is 5.14. The molecule has 1 atom stereocenters. The van der Waals surface area contributed by atoms with Crippen LogP contribution >= 0.6 is 0 Å². The van der Waals surface area contributed by atoms with Crippen molar-refractivity contribution in [3.8, 4) is 0 Å². The Morgan fingerprint density at radius 3 is 2.53 bits per heavy atom. The monoisotopic (exact) mass is 233 g/mol. The predicted octanol–water partition coefficient (Wildman–Crippen LogP) is 2.37. The van der Waals surface area contributed by atoms with Gasteiger partial charge in [0.1, 0.15) is 0 Å². The van der Waals surface area contributed by atoms with E-state index in [-0.39, 0.29) is 0 Å². The summed E-state index contributed by atoms with van der Waals surface area (Å²) in [5.74, 6) is 0. The number of aliphatic hydroxyl groups is 1. The van der Waals surface area contributed by atoms with Crippen LogP contribution in [0.1, 0.15) is 44.2 Å². The summed E-state index contributed by atoms with van der Waals surface area (Å²) in [6.07, 6.45) is 5.51. The quantitative estimate of drug-likeness (QED) is 0.881. The van der Waals surface area contributed by atoms with Crippen LogP contribution in [0.2, 0.25) is 0 Å². The summed E-state index contributed by atoms with van der Waals surface area (Å²) >= 11 is 0. The van der Waals surface area contributed by atoms with Crippen molar-refractivity contribution in [1.82, 2.24) is 14.3 Å². The summed E-state index contributed by atoms with van der Waals surface area (Å²) in [6.45, 7) is 6.73. The van der Waals surface area contributed by atoms with Gasteiger partial charge in [-0.1, -0.05) is 0 Å².